The molecule has 8 heteroatoms. The van der Waals surface area contributed by atoms with Gasteiger partial charge in [0.2, 0.25) is 5.91 Å². The quantitative estimate of drug-likeness (QED) is 0.490. The molecule has 0 unspecified atom stereocenters. The third-order valence-electron chi connectivity index (χ3n) is 4.40. The molecule has 0 aliphatic carbocycles. The van der Waals surface area contributed by atoms with Crippen LogP contribution >= 0.6 is 11.3 Å². The Morgan fingerprint density at radius 3 is 2.40 bits per heavy atom. The number of benzene rings is 2. The lowest BCUT2D eigenvalue weighted by molar-refractivity contribution is -0.137. The first kappa shape index (κ1) is 21.2. The van der Waals surface area contributed by atoms with Crippen LogP contribution in [0.15, 0.2) is 66.2 Å². The minimum absolute atomic E-state index is 0.00110. The second-order valence-corrected chi connectivity index (χ2v) is 7.47. The summed E-state index contributed by atoms with van der Waals surface area (Å²) in [5, 5.41) is 17.1. The van der Waals surface area contributed by atoms with Gasteiger partial charge in [-0.25, -0.2) is 4.98 Å². The van der Waals surface area contributed by atoms with Gasteiger partial charge in [0, 0.05) is 35.7 Å². The number of carbonyl (C=O) groups is 3. The summed E-state index contributed by atoms with van der Waals surface area (Å²) in [6.45, 7) is 0.293. The van der Waals surface area contributed by atoms with E-state index in [1.54, 1.807) is 30.5 Å². The number of carbonyl (C=O) groups excluding carboxylic acids is 2. The first-order valence-electron chi connectivity index (χ1n) is 9.37. The number of rotatable bonds is 9. The highest BCUT2D eigenvalue weighted by Crippen LogP contribution is 2.21. The molecule has 30 heavy (non-hydrogen) atoms. The predicted octanol–water partition coefficient (Wildman–Crippen LogP) is 3.09. The van der Waals surface area contributed by atoms with Gasteiger partial charge in [0.15, 0.2) is 0 Å². The molecule has 3 rings (SSSR count). The van der Waals surface area contributed by atoms with Crippen molar-refractivity contribution < 1.29 is 19.5 Å². The molecule has 0 aliphatic rings. The van der Waals surface area contributed by atoms with Crippen LogP contribution in [0.2, 0.25) is 0 Å². The zero-order valence-electron chi connectivity index (χ0n) is 16.1. The molecule has 3 N–H and O–H groups in total. The second kappa shape index (κ2) is 10.3. The number of hydrogen-bond donors (Lipinski definition) is 3. The third kappa shape index (κ3) is 5.99. The molecule has 2 amide bonds. The van der Waals surface area contributed by atoms with Crippen molar-refractivity contribution in [1.82, 2.24) is 15.6 Å². The summed E-state index contributed by atoms with van der Waals surface area (Å²) in [7, 11) is 0. The highest BCUT2D eigenvalue weighted by molar-refractivity contribution is 7.13. The van der Waals surface area contributed by atoms with Gasteiger partial charge < -0.3 is 15.7 Å². The Kier molecular flexibility index (Phi) is 7.29. The summed E-state index contributed by atoms with van der Waals surface area (Å²) < 4.78 is 0. The summed E-state index contributed by atoms with van der Waals surface area (Å²) in [5.74, 6) is -1.89. The molecule has 0 radical (unpaired) electrons. The Morgan fingerprint density at radius 2 is 1.77 bits per heavy atom. The maximum atomic E-state index is 12.6. The van der Waals surface area contributed by atoms with Crippen LogP contribution in [0.1, 0.15) is 28.8 Å². The topological polar surface area (TPSA) is 108 Å². The van der Waals surface area contributed by atoms with Crippen molar-refractivity contribution in [1.29, 1.82) is 0 Å². The van der Waals surface area contributed by atoms with Gasteiger partial charge >= 0.3 is 5.97 Å². The lowest BCUT2D eigenvalue weighted by atomic mass is 10.1. The molecule has 0 saturated carbocycles. The van der Waals surface area contributed by atoms with Gasteiger partial charge in [-0.3, -0.25) is 14.4 Å². The molecule has 0 aliphatic heterocycles. The van der Waals surface area contributed by atoms with Gasteiger partial charge in [0.1, 0.15) is 11.0 Å². The SMILES string of the molecule is O=C(O)CC[C@H](NC(=O)c1ccc(-c2nccs2)cc1)C(=O)NCc1ccccc1. The van der Waals surface area contributed by atoms with Crippen molar-refractivity contribution in [3.05, 3.63) is 77.3 Å². The fraction of sp³-hybridized carbons (Fsp3) is 0.182. The van der Waals surface area contributed by atoms with Crippen LogP contribution in [0, 0.1) is 0 Å². The van der Waals surface area contributed by atoms with Crippen LogP contribution in [0.4, 0.5) is 0 Å². The van der Waals surface area contributed by atoms with Crippen LogP contribution < -0.4 is 10.6 Å². The molecular weight excluding hydrogens is 402 g/mol. The minimum atomic E-state index is -1.03. The van der Waals surface area contributed by atoms with Crippen molar-refractivity contribution in [3.8, 4) is 10.6 Å². The Labute approximate surface area is 177 Å². The van der Waals surface area contributed by atoms with Crippen LogP contribution in [-0.2, 0) is 16.1 Å². The lowest BCUT2D eigenvalue weighted by Crippen LogP contribution is -2.46. The van der Waals surface area contributed by atoms with Crippen molar-refractivity contribution in [2.24, 2.45) is 0 Å². The van der Waals surface area contributed by atoms with Crippen molar-refractivity contribution >= 4 is 29.1 Å². The molecule has 1 heterocycles. The predicted molar refractivity (Wildman–Crippen MR) is 114 cm³/mol. The van der Waals surface area contributed by atoms with Crippen LogP contribution in [0.3, 0.4) is 0 Å². The van der Waals surface area contributed by atoms with Crippen LogP contribution in [0.25, 0.3) is 10.6 Å². The summed E-state index contributed by atoms with van der Waals surface area (Å²) in [6.07, 6.45) is 1.48. The molecule has 154 valence electrons. The number of aliphatic carboxylic acids is 1. The normalized spacial score (nSPS) is 11.5. The number of amides is 2. The van der Waals surface area contributed by atoms with E-state index in [9.17, 15) is 14.4 Å². The van der Waals surface area contributed by atoms with E-state index < -0.39 is 23.8 Å². The fourth-order valence-corrected chi connectivity index (χ4v) is 3.46. The largest absolute Gasteiger partial charge is 0.481 e. The second-order valence-electron chi connectivity index (χ2n) is 6.58. The van der Waals surface area contributed by atoms with Crippen molar-refractivity contribution in [2.75, 3.05) is 0 Å². The minimum Gasteiger partial charge on any atom is -0.481 e. The first-order valence-corrected chi connectivity index (χ1v) is 10.2. The van der Waals surface area contributed by atoms with E-state index >= 15 is 0 Å². The van der Waals surface area contributed by atoms with E-state index in [2.05, 4.69) is 15.6 Å². The summed E-state index contributed by atoms with van der Waals surface area (Å²) >= 11 is 1.50. The molecular formula is C22H21N3O4S. The van der Waals surface area contributed by atoms with Gasteiger partial charge in [-0.05, 0) is 24.1 Å². The zero-order valence-corrected chi connectivity index (χ0v) is 16.9. The number of thiazole rings is 1. The summed E-state index contributed by atoms with van der Waals surface area (Å²) in [6, 6.07) is 15.3. The van der Waals surface area contributed by atoms with Crippen molar-refractivity contribution in [3.63, 3.8) is 0 Å². The van der Waals surface area contributed by atoms with E-state index in [1.165, 1.54) is 11.3 Å². The Balaban J connectivity index is 1.64. The zero-order chi connectivity index (χ0) is 21.3. The monoisotopic (exact) mass is 423 g/mol. The number of hydrogen-bond acceptors (Lipinski definition) is 5. The van der Waals surface area contributed by atoms with Crippen LogP contribution in [0.5, 0.6) is 0 Å². The van der Waals surface area contributed by atoms with E-state index in [4.69, 9.17) is 5.11 Å². The smallest absolute Gasteiger partial charge is 0.303 e. The molecule has 3 aromatic rings. The average Bonchev–Trinajstić information content (AvgIpc) is 3.30. The number of aromatic nitrogens is 1. The molecule has 0 spiro atoms. The molecule has 0 fully saturated rings. The molecule has 0 saturated heterocycles. The van der Waals surface area contributed by atoms with Gasteiger partial charge in [0.25, 0.3) is 5.91 Å². The van der Waals surface area contributed by atoms with E-state index in [0.717, 1.165) is 16.1 Å². The highest BCUT2D eigenvalue weighted by Gasteiger charge is 2.22. The van der Waals surface area contributed by atoms with Crippen LogP contribution in [-0.4, -0.2) is 33.9 Å². The van der Waals surface area contributed by atoms with Crippen molar-refractivity contribution in [2.45, 2.75) is 25.4 Å². The lowest BCUT2D eigenvalue weighted by Gasteiger charge is -2.18. The highest BCUT2D eigenvalue weighted by atomic mass is 32.1. The molecule has 0 bridgehead atoms. The summed E-state index contributed by atoms with van der Waals surface area (Å²) in [5.41, 5.74) is 2.18. The standard InChI is InChI=1S/C22H21N3O4S/c26-19(27)11-10-18(21(29)24-14-15-4-2-1-3-5-15)25-20(28)16-6-8-17(9-7-16)22-23-12-13-30-22/h1-9,12-13,18H,10-11,14H2,(H,24,29)(H,25,28)(H,26,27)/t18-/m0/s1. The maximum Gasteiger partial charge on any atom is 0.303 e. The van der Waals surface area contributed by atoms with Gasteiger partial charge in [-0.1, -0.05) is 42.5 Å². The number of carboxylic acids is 1. The van der Waals surface area contributed by atoms with E-state index in [1.807, 2.05) is 35.7 Å². The molecule has 1 atom stereocenters. The summed E-state index contributed by atoms with van der Waals surface area (Å²) in [4.78, 5) is 40.4. The Bertz CT molecular complexity index is 989. The molecule has 7 nitrogen and oxygen atoms in total. The third-order valence-corrected chi connectivity index (χ3v) is 5.23. The molecule has 2 aromatic carbocycles. The number of carboxylic acid groups (broad SMARTS) is 1. The van der Waals surface area contributed by atoms with Gasteiger partial charge in [-0.15, -0.1) is 11.3 Å². The first-order chi connectivity index (χ1) is 14.5. The van der Waals surface area contributed by atoms with E-state index in [0.29, 0.717) is 12.1 Å². The van der Waals surface area contributed by atoms with E-state index in [-0.39, 0.29) is 12.8 Å². The Morgan fingerprint density at radius 1 is 1.03 bits per heavy atom. The van der Waals surface area contributed by atoms with Gasteiger partial charge in [-0.2, -0.15) is 0 Å². The average molecular weight is 423 g/mol. The fourth-order valence-electron chi connectivity index (χ4n) is 2.82. The number of nitrogens with zero attached hydrogens (tertiary/aromatic N) is 1. The maximum absolute atomic E-state index is 12.6. The number of nitrogens with one attached hydrogen (secondary N) is 2. The Hall–Kier alpha value is -3.52. The molecule has 1 aromatic heterocycles. The van der Waals surface area contributed by atoms with Gasteiger partial charge in [0.05, 0.1) is 0 Å².